The first-order valence-corrected chi connectivity index (χ1v) is 7.45. The molecule has 0 bridgehead atoms. The van der Waals surface area contributed by atoms with E-state index in [9.17, 15) is 0 Å². The normalized spacial score (nSPS) is 18.9. The number of aromatic nitrogens is 4. The summed E-state index contributed by atoms with van der Waals surface area (Å²) in [6, 6.07) is 0. The topological polar surface area (TPSA) is 48.1 Å². The summed E-state index contributed by atoms with van der Waals surface area (Å²) in [6.45, 7) is 6.38. The molecule has 1 aliphatic heterocycles. The van der Waals surface area contributed by atoms with Crippen molar-refractivity contribution in [1.29, 1.82) is 0 Å². The molecule has 3 rings (SSSR count). The fourth-order valence-electron chi connectivity index (χ4n) is 3.04. The van der Waals surface area contributed by atoms with Crippen molar-refractivity contribution in [1.82, 2.24) is 24.5 Å². The molecular formula is C15H23N5O. The van der Waals surface area contributed by atoms with Gasteiger partial charge in [0.15, 0.2) is 0 Å². The van der Waals surface area contributed by atoms with Crippen LogP contribution in [0.4, 0.5) is 0 Å². The Morgan fingerprint density at radius 3 is 2.86 bits per heavy atom. The lowest BCUT2D eigenvalue weighted by atomic mass is 9.95. The van der Waals surface area contributed by atoms with Crippen LogP contribution in [0.3, 0.4) is 0 Å². The van der Waals surface area contributed by atoms with Crippen molar-refractivity contribution in [2.75, 3.05) is 19.8 Å². The molecule has 2 aromatic heterocycles. The SMILES string of the molecule is CCOC[C@H]1CN(Cc2cnn(C)c2)Cc2nn(C)cc21. The van der Waals surface area contributed by atoms with Crippen molar-refractivity contribution in [3.63, 3.8) is 0 Å². The molecule has 0 saturated heterocycles. The van der Waals surface area contributed by atoms with E-state index in [2.05, 4.69) is 27.5 Å². The summed E-state index contributed by atoms with van der Waals surface area (Å²) in [5.74, 6) is 0.402. The minimum Gasteiger partial charge on any atom is -0.381 e. The number of hydrogen-bond donors (Lipinski definition) is 0. The maximum atomic E-state index is 5.66. The molecule has 0 aliphatic carbocycles. The van der Waals surface area contributed by atoms with Gasteiger partial charge in [-0.2, -0.15) is 10.2 Å². The molecule has 0 fully saturated rings. The average Bonchev–Trinajstić information content (AvgIpc) is 3.01. The summed E-state index contributed by atoms with van der Waals surface area (Å²) in [7, 11) is 3.94. The van der Waals surface area contributed by atoms with Gasteiger partial charge in [-0.1, -0.05) is 0 Å². The molecule has 0 saturated carbocycles. The molecular weight excluding hydrogens is 266 g/mol. The zero-order valence-corrected chi connectivity index (χ0v) is 13.0. The van der Waals surface area contributed by atoms with E-state index in [0.29, 0.717) is 5.92 Å². The van der Waals surface area contributed by atoms with Crippen molar-refractivity contribution < 1.29 is 4.74 Å². The molecule has 0 N–H and O–H groups in total. The van der Waals surface area contributed by atoms with Crippen LogP contribution in [0.5, 0.6) is 0 Å². The van der Waals surface area contributed by atoms with Gasteiger partial charge in [0.25, 0.3) is 0 Å². The summed E-state index contributed by atoms with van der Waals surface area (Å²) < 4.78 is 9.43. The lowest BCUT2D eigenvalue weighted by molar-refractivity contribution is 0.105. The van der Waals surface area contributed by atoms with Gasteiger partial charge in [-0.15, -0.1) is 0 Å². The zero-order chi connectivity index (χ0) is 14.8. The first-order valence-electron chi connectivity index (χ1n) is 7.45. The highest BCUT2D eigenvalue weighted by atomic mass is 16.5. The number of ether oxygens (including phenoxy) is 1. The molecule has 6 nitrogen and oxygen atoms in total. The summed E-state index contributed by atoms with van der Waals surface area (Å²) in [4.78, 5) is 2.43. The third kappa shape index (κ3) is 3.16. The Hall–Kier alpha value is -1.66. The van der Waals surface area contributed by atoms with Crippen LogP contribution >= 0.6 is 0 Å². The number of rotatable bonds is 5. The molecule has 0 aromatic carbocycles. The van der Waals surface area contributed by atoms with Gasteiger partial charge in [-0.3, -0.25) is 14.3 Å². The van der Waals surface area contributed by atoms with E-state index in [4.69, 9.17) is 4.74 Å². The molecule has 0 spiro atoms. The van der Waals surface area contributed by atoms with Crippen LogP contribution in [-0.2, 0) is 31.9 Å². The van der Waals surface area contributed by atoms with Gasteiger partial charge in [0.2, 0.25) is 0 Å². The van der Waals surface area contributed by atoms with Crippen LogP contribution in [-0.4, -0.2) is 44.2 Å². The van der Waals surface area contributed by atoms with E-state index in [1.807, 2.05) is 36.6 Å². The molecule has 0 unspecified atom stereocenters. The molecule has 6 heteroatoms. The van der Waals surface area contributed by atoms with Crippen molar-refractivity contribution in [3.05, 3.63) is 35.4 Å². The van der Waals surface area contributed by atoms with E-state index in [0.717, 1.165) is 32.8 Å². The maximum Gasteiger partial charge on any atom is 0.0800 e. The molecule has 2 aromatic rings. The molecule has 3 heterocycles. The van der Waals surface area contributed by atoms with Crippen LogP contribution in [0, 0.1) is 0 Å². The minimum absolute atomic E-state index is 0.402. The van der Waals surface area contributed by atoms with Crippen LogP contribution in [0.2, 0.25) is 0 Å². The second-order valence-electron chi connectivity index (χ2n) is 5.75. The third-order valence-electron chi connectivity index (χ3n) is 3.92. The Morgan fingerprint density at radius 2 is 2.14 bits per heavy atom. The van der Waals surface area contributed by atoms with Crippen molar-refractivity contribution in [3.8, 4) is 0 Å². The smallest absolute Gasteiger partial charge is 0.0800 e. The summed E-state index contributed by atoms with van der Waals surface area (Å²) in [5, 5.41) is 8.85. The van der Waals surface area contributed by atoms with Crippen LogP contribution in [0.15, 0.2) is 18.6 Å². The minimum atomic E-state index is 0.402. The molecule has 1 aliphatic rings. The Morgan fingerprint density at radius 1 is 1.29 bits per heavy atom. The predicted octanol–water partition coefficient (Wildman–Crippen LogP) is 1.29. The Kier molecular flexibility index (Phi) is 4.07. The van der Waals surface area contributed by atoms with Crippen LogP contribution in [0.1, 0.15) is 29.7 Å². The first-order chi connectivity index (χ1) is 10.2. The van der Waals surface area contributed by atoms with E-state index < -0.39 is 0 Å². The van der Waals surface area contributed by atoms with Crippen molar-refractivity contribution in [2.24, 2.45) is 14.1 Å². The van der Waals surface area contributed by atoms with E-state index in [-0.39, 0.29) is 0 Å². The number of aryl methyl sites for hydroxylation is 2. The number of hydrogen-bond acceptors (Lipinski definition) is 4. The molecule has 21 heavy (non-hydrogen) atoms. The molecule has 0 radical (unpaired) electrons. The van der Waals surface area contributed by atoms with Gasteiger partial charge in [-0.05, 0) is 6.92 Å². The first kappa shape index (κ1) is 14.3. The Bertz CT molecular complexity index is 603. The van der Waals surface area contributed by atoms with E-state index in [1.165, 1.54) is 16.8 Å². The van der Waals surface area contributed by atoms with Crippen LogP contribution in [0.25, 0.3) is 0 Å². The molecule has 1 atom stereocenters. The van der Waals surface area contributed by atoms with Crippen LogP contribution < -0.4 is 0 Å². The highest BCUT2D eigenvalue weighted by molar-refractivity contribution is 5.25. The van der Waals surface area contributed by atoms with Gasteiger partial charge in [0.05, 0.1) is 18.5 Å². The maximum absolute atomic E-state index is 5.66. The van der Waals surface area contributed by atoms with Gasteiger partial charge in [0, 0.05) is 69.8 Å². The second-order valence-corrected chi connectivity index (χ2v) is 5.75. The lowest BCUT2D eigenvalue weighted by Gasteiger charge is -2.31. The monoisotopic (exact) mass is 289 g/mol. The fourth-order valence-corrected chi connectivity index (χ4v) is 3.04. The molecule has 0 amide bonds. The quantitative estimate of drug-likeness (QED) is 0.832. The Balaban J connectivity index is 1.76. The number of nitrogens with zero attached hydrogens (tertiary/aromatic N) is 5. The highest BCUT2D eigenvalue weighted by Gasteiger charge is 2.28. The average molecular weight is 289 g/mol. The van der Waals surface area contributed by atoms with Crippen molar-refractivity contribution in [2.45, 2.75) is 25.9 Å². The van der Waals surface area contributed by atoms with Gasteiger partial charge in [0.1, 0.15) is 0 Å². The predicted molar refractivity (Wildman–Crippen MR) is 79.8 cm³/mol. The highest BCUT2D eigenvalue weighted by Crippen LogP contribution is 2.28. The Labute approximate surface area is 125 Å². The second kappa shape index (κ2) is 5.99. The van der Waals surface area contributed by atoms with Gasteiger partial charge < -0.3 is 4.74 Å². The largest absolute Gasteiger partial charge is 0.381 e. The lowest BCUT2D eigenvalue weighted by Crippen LogP contribution is -2.34. The fraction of sp³-hybridized carbons (Fsp3) is 0.600. The summed E-state index contributed by atoms with van der Waals surface area (Å²) in [6.07, 6.45) is 6.15. The van der Waals surface area contributed by atoms with E-state index >= 15 is 0 Å². The van der Waals surface area contributed by atoms with E-state index in [1.54, 1.807) is 0 Å². The van der Waals surface area contributed by atoms with Gasteiger partial charge >= 0.3 is 0 Å². The third-order valence-corrected chi connectivity index (χ3v) is 3.92. The zero-order valence-electron chi connectivity index (χ0n) is 13.0. The molecule has 114 valence electrons. The number of fused-ring (bicyclic) bond motifs is 1. The standard InChI is InChI=1S/C15H23N5O/c1-4-21-11-13-8-20(7-12-5-16-18(2)6-12)10-15-14(13)9-19(3)17-15/h5-6,9,13H,4,7-8,10-11H2,1-3H3/t13-/m1/s1. The summed E-state index contributed by atoms with van der Waals surface area (Å²) >= 11 is 0. The summed E-state index contributed by atoms with van der Waals surface area (Å²) in [5.41, 5.74) is 3.76. The van der Waals surface area contributed by atoms with Crippen molar-refractivity contribution >= 4 is 0 Å². The van der Waals surface area contributed by atoms with Gasteiger partial charge in [-0.25, -0.2) is 0 Å².